The Kier molecular flexibility index (Phi) is 3.38. The number of fused-ring (bicyclic) bond motifs is 1. The lowest BCUT2D eigenvalue weighted by atomic mass is 10.2. The lowest BCUT2D eigenvalue weighted by molar-refractivity contribution is 0.594. The molecule has 0 unspecified atom stereocenters. The number of para-hydroxylation sites is 2. The first kappa shape index (κ1) is 13.7. The molecular weight excluding hydrogens is 286 g/mol. The standard InChI is InChI=1S/C18H17N5/c1-2-23-17-11-7-6-10-15(17)19-18(23)13-22-12-16(20-21-22)14-8-4-3-5-9-14/h3-12H,2,13H2,1H3. The van der Waals surface area contributed by atoms with Gasteiger partial charge >= 0.3 is 0 Å². The molecule has 5 nitrogen and oxygen atoms in total. The SMILES string of the molecule is CCn1c(Cn2cc(-c3ccccc3)nn2)nc2ccccc21. The average Bonchev–Trinajstić information content (AvgIpc) is 3.20. The van der Waals surface area contributed by atoms with Crippen LogP contribution >= 0.6 is 0 Å². The molecule has 0 saturated heterocycles. The second-order valence-electron chi connectivity index (χ2n) is 5.43. The van der Waals surface area contributed by atoms with Crippen molar-refractivity contribution in [3.63, 3.8) is 0 Å². The number of aryl methyl sites for hydroxylation is 1. The Bertz CT molecular complexity index is 936. The van der Waals surface area contributed by atoms with Crippen LogP contribution in [0.5, 0.6) is 0 Å². The molecule has 0 fully saturated rings. The Balaban J connectivity index is 1.68. The normalized spacial score (nSPS) is 11.2. The molecule has 2 heterocycles. The van der Waals surface area contributed by atoms with Crippen LogP contribution in [-0.2, 0) is 13.1 Å². The van der Waals surface area contributed by atoms with Crippen molar-refractivity contribution >= 4 is 11.0 Å². The number of hydrogen-bond donors (Lipinski definition) is 0. The molecule has 0 aliphatic heterocycles. The number of aromatic nitrogens is 5. The second kappa shape index (κ2) is 5.68. The molecule has 0 saturated carbocycles. The van der Waals surface area contributed by atoms with Crippen molar-refractivity contribution in [2.24, 2.45) is 0 Å². The molecular formula is C18H17N5. The third-order valence-electron chi connectivity index (χ3n) is 3.96. The Morgan fingerprint density at radius 3 is 2.57 bits per heavy atom. The van der Waals surface area contributed by atoms with Gasteiger partial charge in [0.15, 0.2) is 0 Å². The number of imidazole rings is 1. The number of rotatable bonds is 4. The number of hydrogen-bond acceptors (Lipinski definition) is 3. The van der Waals surface area contributed by atoms with E-state index < -0.39 is 0 Å². The molecule has 114 valence electrons. The first-order valence-corrected chi connectivity index (χ1v) is 7.75. The van der Waals surface area contributed by atoms with Gasteiger partial charge in [0, 0.05) is 12.1 Å². The van der Waals surface area contributed by atoms with Gasteiger partial charge in [0.1, 0.15) is 18.1 Å². The van der Waals surface area contributed by atoms with E-state index in [1.165, 1.54) is 0 Å². The molecule has 0 amide bonds. The van der Waals surface area contributed by atoms with Gasteiger partial charge in [0.2, 0.25) is 0 Å². The predicted octanol–water partition coefficient (Wildman–Crippen LogP) is 3.36. The molecule has 0 aliphatic rings. The van der Waals surface area contributed by atoms with E-state index in [9.17, 15) is 0 Å². The van der Waals surface area contributed by atoms with Crippen LogP contribution in [0.4, 0.5) is 0 Å². The summed E-state index contributed by atoms with van der Waals surface area (Å²) in [6.45, 7) is 3.63. The molecule has 0 spiro atoms. The largest absolute Gasteiger partial charge is 0.327 e. The minimum Gasteiger partial charge on any atom is -0.327 e. The third-order valence-corrected chi connectivity index (χ3v) is 3.96. The summed E-state index contributed by atoms with van der Waals surface area (Å²) in [5.74, 6) is 0.998. The van der Waals surface area contributed by atoms with E-state index >= 15 is 0 Å². The van der Waals surface area contributed by atoms with Crippen LogP contribution in [0.3, 0.4) is 0 Å². The van der Waals surface area contributed by atoms with Gasteiger partial charge in [-0.2, -0.15) is 0 Å². The summed E-state index contributed by atoms with van der Waals surface area (Å²) in [5.41, 5.74) is 4.13. The number of benzene rings is 2. The molecule has 2 aromatic heterocycles. The molecule has 0 atom stereocenters. The fourth-order valence-corrected chi connectivity index (χ4v) is 2.86. The lowest BCUT2D eigenvalue weighted by Crippen LogP contribution is -2.08. The summed E-state index contributed by atoms with van der Waals surface area (Å²) >= 11 is 0. The predicted molar refractivity (Wildman–Crippen MR) is 90.0 cm³/mol. The first-order valence-electron chi connectivity index (χ1n) is 7.75. The number of nitrogens with zero attached hydrogens (tertiary/aromatic N) is 5. The van der Waals surface area contributed by atoms with Gasteiger partial charge in [-0.1, -0.05) is 47.7 Å². The minimum absolute atomic E-state index is 0.613. The smallest absolute Gasteiger partial charge is 0.131 e. The van der Waals surface area contributed by atoms with E-state index in [-0.39, 0.29) is 0 Å². The van der Waals surface area contributed by atoms with E-state index in [0.29, 0.717) is 6.54 Å². The monoisotopic (exact) mass is 303 g/mol. The topological polar surface area (TPSA) is 48.5 Å². The molecule has 0 aliphatic carbocycles. The summed E-state index contributed by atoms with van der Waals surface area (Å²) in [4.78, 5) is 4.74. The van der Waals surface area contributed by atoms with Crippen molar-refractivity contribution in [2.75, 3.05) is 0 Å². The highest BCUT2D eigenvalue weighted by molar-refractivity contribution is 5.75. The van der Waals surface area contributed by atoms with Gasteiger partial charge in [0.25, 0.3) is 0 Å². The third kappa shape index (κ3) is 2.50. The zero-order valence-electron chi connectivity index (χ0n) is 12.9. The van der Waals surface area contributed by atoms with E-state index in [2.05, 4.69) is 27.9 Å². The first-order chi connectivity index (χ1) is 11.3. The van der Waals surface area contributed by atoms with Gasteiger partial charge in [-0.05, 0) is 19.1 Å². The van der Waals surface area contributed by atoms with Crippen LogP contribution in [0.2, 0.25) is 0 Å². The minimum atomic E-state index is 0.613. The molecule has 23 heavy (non-hydrogen) atoms. The molecule has 0 N–H and O–H groups in total. The molecule has 4 rings (SSSR count). The maximum Gasteiger partial charge on any atom is 0.131 e. The van der Waals surface area contributed by atoms with Crippen LogP contribution in [0.15, 0.2) is 60.8 Å². The van der Waals surface area contributed by atoms with Crippen LogP contribution in [0.25, 0.3) is 22.3 Å². The van der Waals surface area contributed by atoms with Crippen molar-refractivity contribution in [1.82, 2.24) is 24.5 Å². The Hall–Kier alpha value is -2.95. The quantitative estimate of drug-likeness (QED) is 0.581. The Labute approximate surface area is 134 Å². The van der Waals surface area contributed by atoms with Gasteiger partial charge in [-0.15, -0.1) is 5.10 Å². The van der Waals surface area contributed by atoms with Crippen molar-refractivity contribution in [1.29, 1.82) is 0 Å². The summed E-state index contributed by atoms with van der Waals surface area (Å²) < 4.78 is 4.06. The van der Waals surface area contributed by atoms with Crippen molar-refractivity contribution < 1.29 is 0 Å². The van der Waals surface area contributed by atoms with Crippen LogP contribution in [0, 0.1) is 0 Å². The summed E-state index contributed by atoms with van der Waals surface area (Å²) in [5, 5.41) is 8.51. The molecule has 0 bridgehead atoms. The fraction of sp³-hybridized carbons (Fsp3) is 0.167. The molecule has 4 aromatic rings. The van der Waals surface area contributed by atoms with Crippen molar-refractivity contribution in [3.8, 4) is 11.3 Å². The van der Waals surface area contributed by atoms with E-state index in [1.807, 2.05) is 59.4 Å². The van der Waals surface area contributed by atoms with E-state index in [0.717, 1.165) is 34.7 Å². The zero-order chi connectivity index (χ0) is 15.6. The van der Waals surface area contributed by atoms with Gasteiger partial charge in [-0.3, -0.25) is 0 Å². The van der Waals surface area contributed by atoms with E-state index in [1.54, 1.807) is 0 Å². The zero-order valence-corrected chi connectivity index (χ0v) is 12.9. The van der Waals surface area contributed by atoms with Crippen LogP contribution < -0.4 is 0 Å². The van der Waals surface area contributed by atoms with E-state index in [4.69, 9.17) is 4.98 Å². The fourth-order valence-electron chi connectivity index (χ4n) is 2.86. The molecule has 5 heteroatoms. The second-order valence-corrected chi connectivity index (χ2v) is 5.43. The van der Waals surface area contributed by atoms with Crippen LogP contribution in [-0.4, -0.2) is 24.5 Å². The van der Waals surface area contributed by atoms with Gasteiger partial charge in [0.05, 0.1) is 17.2 Å². The Morgan fingerprint density at radius 2 is 1.74 bits per heavy atom. The summed E-state index contributed by atoms with van der Waals surface area (Å²) in [6.07, 6.45) is 1.97. The molecule has 0 radical (unpaired) electrons. The van der Waals surface area contributed by atoms with Crippen molar-refractivity contribution in [2.45, 2.75) is 20.0 Å². The maximum atomic E-state index is 4.74. The highest BCUT2D eigenvalue weighted by Crippen LogP contribution is 2.18. The highest BCUT2D eigenvalue weighted by atomic mass is 15.4. The lowest BCUT2D eigenvalue weighted by Gasteiger charge is -2.05. The Morgan fingerprint density at radius 1 is 0.957 bits per heavy atom. The van der Waals surface area contributed by atoms with Crippen molar-refractivity contribution in [3.05, 3.63) is 66.6 Å². The summed E-state index contributed by atoms with van der Waals surface area (Å²) in [6, 6.07) is 18.3. The highest BCUT2D eigenvalue weighted by Gasteiger charge is 2.11. The molecule has 2 aromatic carbocycles. The van der Waals surface area contributed by atoms with Crippen LogP contribution in [0.1, 0.15) is 12.7 Å². The average molecular weight is 303 g/mol. The van der Waals surface area contributed by atoms with Gasteiger partial charge < -0.3 is 4.57 Å². The maximum absolute atomic E-state index is 4.74. The van der Waals surface area contributed by atoms with Gasteiger partial charge in [-0.25, -0.2) is 9.67 Å². The summed E-state index contributed by atoms with van der Waals surface area (Å²) in [7, 11) is 0.